The third kappa shape index (κ3) is 2.99. The largest absolute Gasteiger partial charge is 0.508 e. The lowest BCUT2D eigenvalue weighted by molar-refractivity contribution is 0.0391. The summed E-state index contributed by atoms with van der Waals surface area (Å²) >= 11 is 0. The molecule has 2 nitrogen and oxygen atoms in total. The van der Waals surface area contributed by atoms with Gasteiger partial charge in [0.25, 0.3) is 0 Å². The van der Waals surface area contributed by atoms with Crippen molar-refractivity contribution in [3.8, 4) is 16.9 Å². The first kappa shape index (κ1) is 15.3. The van der Waals surface area contributed by atoms with Gasteiger partial charge >= 0.3 is 0 Å². The number of aromatic hydroxyl groups is 1. The molecule has 1 atom stereocenters. The fourth-order valence-electron chi connectivity index (χ4n) is 2.79. The van der Waals surface area contributed by atoms with Crippen LogP contribution >= 0.6 is 0 Å². The molecule has 1 unspecified atom stereocenters. The van der Waals surface area contributed by atoms with Crippen molar-refractivity contribution >= 4 is 0 Å². The van der Waals surface area contributed by atoms with Gasteiger partial charge in [0.05, 0.1) is 0 Å². The predicted molar refractivity (Wildman–Crippen MR) is 93.4 cm³/mol. The molecular formula is C21H20O2. The molecule has 0 spiro atoms. The highest BCUT2D eigenvalue weighted by Gasteiger charge is 2.28. The lowest BCUT2D eigenvalue weighted by atomic mass is 9.87. The van der Waals surface area contributed by atoms with Gasteiger partial charge in [0, 0.05) is 7.11 Å². The Labute approximate surface area is 137 Å². The Morgan fingerprint density at radius 3 is 1.70 bits per heavy atom. The van der Waals surface area contributed by atoms with Crippen LogP contribution in [0, 0.1) is 0 Å². The van der Waals surface area contributed by atoms with E-state index in [-0.39, 0.29) is 5.75 Å². The topological polar surface area (TPSA) is 29.5 Å². The number of rotatable bonds is 4. The zero-order chi connectivity index (χ0) is 16.3. The smallest absolute Gasteiger partial charge is 0.115 e. The Bertz CT molecular complexity index is 761. The molecule has 116 valence electrons. The standard InChI is InChI=1S/C21H20O2/c1-21(23-2,18-6-4-3-5-7-18)19-12-8-16(9-13-19)17-10-14-20(22)15-11-17/h3-15,22H,1-2H3. The predicted octanol–water partition coefficient (Wildman–Crippen LogP) is 4.97. The van der Waals surface area contributed by atoms with Gasteiger partial charge in [-0.1, -0.05) is 66.7 Å². The van der Waals surface area contributed by atoms with Crippen molar-refractivity contribution in [1.82, 2.24) is 0 Å². The summed E-state index contributed by atoms with van der Waals surface area (Å²) in [6.07, 6.45) is 0. The Morgan fingerprint density at radius 1 is 0.696 bits per heavy atom. The summed E-state index contributed by atoms with van der Waals surface area (Å²) in [5.74, 6) is 0.279. The summed E-state index contributed by atoms with van der Waals surface area (Å²) in [6, 6.07) is 25.8. The molecule has 0 heterocycles. The van der Waals surface area contributed by atoms with E-state index in [1.54, 1.807) is 19.2 Å². The second-order valence-electron chi connectivity index (χ2n) is 5.73. The van der Waals surface area contributed by atoms with E-state index in [0.29, 0.717) is 0 Å². The summed E-state index contributed by atoms with van der Waals surface area (Å²) in [7, 11) is 1.74. The van der Waals surface area contributed by atoms with Gasteiger partial charge in [-0.25, -0.2) is 0 Å². The zero-order valence-electron chi connectivity index (χ0n) is 13.4. The number of benzene rings is 3. The number of phenols is 1. The molecule has 0 fully saturated rings. The number of methoxy groups -OCH3 is 1. The number of phenolic OH excluding ortho intramolecular Hbond substituents is 1. The fourth-order valence-corrected chi connectivity index (χ4v) is 2.79. The van der Waals surface area contributed by atoms with Crippen LogP contribution < -0.4 is 0 Å². The van der Waals surface area contributed by atoms with E-state index >= 15 is 0 Å². The normalized spacial score (nSPS) is 13.5. The van der Waals surface area contributed by atoms with Crippen LogP contribution in [0.1, 0.15) is 18.1 Å². The lowest BCUT2D eigenvalue weighted by Gasteiger charge is -2.29. The minimum atomic E-state index is -0.477. The molecule has 1 N–H and O–H groups in total. The molecule has 0 aromatic heterocycles. The minimum absolute atomic E-state index is 0.279. The average molecular weight is 304 g/mol. The molecule has 0 aliphatic rings. The molecule has 0 saturated carbocycles. The van der Waals surface area contributed by atoms with Gasteiger partial charge in [0.1, 0.15) is 11.4 Å². The van der Waals surface area contributed by atoms with Crippen molar-refractivity contribution in [3.63, 3.8) is 0 Å². The third-order valence-corrected chi connectivity index (χ3v) is 4.37. The van der Waals surface area contributed by atoms with Crippen LogP contribution in [0.2, 0.25) is 0 Å². The molecule has 0 radical (unpaired) electrons. The lowest BCUT2D eigenvalue weighted by Crippen LogP contribution is -2.25. The fraction of sp³-hybridized carbons (Fsp3) is 0.143. The average Bonchev–Trinajstić information content (AvgIpc) is 2.62. The first-order valence-electron chi connectivity index (χ1n) is 7.64. The highest BCUT2D eigenvalue weighted by atomic mass is 16.5. The highest BCUT2D eigenvalue weighted by molar-refractivity contribution is 5.64. The SMILES string of the molecule is COC(C)(c1ccccc1)c1ccc(-c2ccc(O)cc2)cc1. The molecule has 0 amide bonds. The molecule has 0 bridgehead atoms. The molecule has 3 aromatic rings. The van der Waals surface area contributed by atoms with Gasteiger partial charge in [-0.05, 0) is 41.3 Å². The number of ether oxygens (including phenoxy) is 1. The molecule has 3 rings (SSSR count). The second kappa shape index (κ2) is 6.27. The van der Waals surface area contributed by atoms with Crippen molar-refractivity contribution in [3.05, 3.63) is 90.0 Å². The van der Waals surface area contributed by atoms with Crippen LogP contribution in [-0.2, 0) is 10.3 Å². The van der Waals surface area contributed by atoms with E-state index in [1.807, 2.05) is 30.3 Å². The van der Waals surface area contributed by atoms with Crippen molar-refractivity contribution in [2.75, 3.05) is 7.11 Å². The summed E-state index contributed by atoms with van der Waals surface area (Å²) in [6.45, 7) is 2.08. The monoisotopic (exact) mass is 304 g/mol. The van der Waals surface area contributed by atoms with Crippen LogP contribution in [0.3, 0.4) is 0 Å². The molecular weight excluding hydrogens is 284 g/mol. The summed E-state index contributed by atoms with van der Waals surface area (Å²) < 4.78 is 5.84. The zero-order valence-corrected chi connectivity index (χ0v) is 13.4. The number of hydrogen-bond donors (Lipinski definition) is 1. The maximum atomic E-state index is 9.40. The van der Waals surface area contributed by atoms with E-state index in [4.69, 9.17) is 4.74 Å². The molecule has 3 aromatic carbocycles. The Hall–Kier alpha value is -2.58. The van der Waals surface area contributed by atoms with Gasteiger partial charge in [-0.15, -0.1) is 0 Å². The van der Waals surface area contributed by atoms with Crippen LogP contribution in [0.25, 0.3) is 11.1 Å². The molecule has 0 aliphatic carbocycles. The van der Waals surface area contributed by atoms with Crippen molar-refractivity contribution in [2.24, 2.45) is 0 Å². The van der Waals surface area contributed by atoms with Crippen molar-refractivity contribution in [2.45, 2.75) is 12.5 Å². The van der Waals surface area contributed by atoms with Gasteiger partial charge in [-0.2, -0.15) is 0 Å². The van der Waals surface area contributed by atoms with Crippen LogP contribution in [-0.4, -0.2) is 12.2 Å². The summed E-state index contributed by atoms with van der Waals surface area (Å²) in [4.78, 5) is 0. The third-order valence-electron chi connectivity index (χ3n) is 4.37. The van der Waals surface area contributed by atoms with E-state index in [1.165, 1.54) is 0 Å². The summed E-state index contributed by atoms with van der Waals surface area (Å²) in [5.41, 5.74) is 3.94. The molecule has 0 saturated heterocycles. The summed E-state index contributed by atoms with van der Waals surface area (Å²) in [5, 5.41) is 9.40. The van der Waals surface area contributed by atoms with E-state index < -0.39 is 5.60 Å². The first-order chi connectivity index (χ1) is 11.1. The Balaban J connectivity index is 1.96. The quantitative estimate of drug-likeness (QED) is 0.737. The maximum absolute atomic E-state index is 9.40. The number of hydrogen-bond acceptors (Lipinski definition) is 2. The second-order valence-corrected chi connectivity index (χ2v) is 5.73. The van der Waals surface area contributed by atoms with Crippen molar-refractivity contribution < 1.29 is 9.84 Å². The van der Waals surface area contributed by atoms with Gasteiger partial charge < -0.3 is 9.84 Å². The molecule has 2 heteroatoms. The van der Waals surface area contributed by atoms with Gasteiger partial charge in [0.2, 0.25) is 0 Å². The van der Waals surface area contributed by atoms with Crippen LogP contribution in [0.5, 0.6) is 5.75 Å². The van der Waals surface area contributed by atoms with Crippen LogP contribution in [0.15, 0.2) is 78.9 Å². The Morgan fingerprint density at radius 2 is 1.17 bits per heavy atom. The minimum Gasteiger partial charge on any atom is -0.508 e. The molecule has 23 heavy (non-hydrogen) atoms. The Kier molecular flexibility index (Phi) is 4.18. The van der Waals surface area contributed by atoms with Gasteiger partial charge in [0.15, 0.2) is 0 Å². The van der Waals surface area contributed by atoms with E-state index in [0.717, 1.165) is 22.3 Å². The molecule has 0 aliphatic heterocycles. The van der Waals surface area contributed by atoms with Crippen LogP contribution in [0.4, 0.5) is 0 Å². The van der Waals surface area contributed by atoms with E-state index in [2.05, 4.69) is 43.3 Å². The van der Waals surface area contributed by atoms with Gasteiger partial charge in [-0.3, -0.25) is 0 Å². The van der Waals surface area contributed by atoms with E-state index in [9.17, 15) is 5.11 Å². The van der Waals surface area contributed by atoms with Crippen molar-refractivity contribution in [1.29, 1.82) is 0 Å². The maximum Gasteiger partial charge on any atom is 0.115 e. The first-order valence-corrected chi connectivity index (χ1v) is 7.64. The highest BCUT2D eigenvalue weighted by Crippen LogP contribution is 2.34.